The second-order valence-electron chi connectivity index (χ2n) is 8.93. The van der Waals surface area contributed by atoms with Crippen LogP contribution < -0.4 is 10.6 Å². The highest BCUT2D eigenvalue weighted by Gasteiger charge is 2.37. The van der Waals surface area contributed by atoms with Gasteiger partial charge in [-0.25, -0.2) is 4.79 Å². The van der Waals surface area contributed by atoms with Gasteiger partial charge in [0.2, 0.25) is 0 Å². The zero-order valence-corrected chi connectivity index (χ0v) is 20.8. The summed E-state index contributed by atoms with van der Waals surface area (Å²) in [5, 5.41) is 0. The van der Waals surface area contributed by atoms with Gasteiger partial charge in [0.15, 0.2) is 0 Å². The summed E-state index contributed by atoms with van der Waals surface area (Å²) in [6, 6.07) is 5.28. The molecule has 0 aliphatic rings. The summed E-state index contributed by atoms with van der Waals surface area (Å²) < 4.78 is 85.1. The molecule has 0 aliphatic carbocycles. The van der Waals surface area contributed by atoms with Gasteiger partial charge < -0.3 is 15.4 Å². The number of carbonyl (C=O) groups is 1. The molecule has 2 N–H and O–H groups in total. The number of ether oxygens (including phenoxy) is 1. The van der Waals surface area contributed by atoms with E-state index < -0.39 is 35.7 Å². The number of anilines is 1. The fraction of sp³-hybridized carbons (Fsp3) is 0.500. The van der Waals surface area contributed by atoms with Crippen LogP contribution in [-0.2, 0) is 29.9 Å². The molecule has 1 amide bonds. The van der Waals surface area contributed by atoms with E-state index in [0.717, 1.165) is 48.3 Å². The van der Waals surface area contributed by atoms with E-state index in [4.69, 9.17) is 10.5 Å². The van der Waals surface area contributed by atoms with Gasteiger partial charge in [-0.1, -0.05) is 19.9 Å². The van der Waals surface area contributed by atoms with E-state index in [-0.39, 0.29) is 24.5 Å². The van der Waals surface area contributed by atoms with Crippen LogP contribution in [0.1, 0.15) is 60.1 Å². The third-order valence-corrected chi connectivity index (χ3v) is 5.86. The van der Waals surface area contributed by atoms with Crippen LogP contribution in [0.4, 0.5) is 36.8 Å². The van der Waals surface area contributed by atoms with Gasteiger partial charge in [-0.15, -0.1) is 0 Å². The van der Waals surface area contributed by atoms with Crippen LogP contribution in [0.25, 0.3) is 0 Å². The standard InChI is InChI=1S/C26H32F6N2O2/c1-5-7-34(8-6-2)23-10-17(4)16(3)9-19(23)14-22(36-24(33)35)13-18-11-20(25(27,28)29)15-21(12-18)26(30,31)32/h9-12,15,22H,5-8,13-14H2,1-4H3,(H2,33,35). The molecule has 0 radical (unpaired) electrons. The van der Waals surface area contributed by atoms with Crippen molar-refractivity contribution in [1.29, 1.82) is 0 Å². The Labute approximate surface area is 207 Å². The van der Waals surface area contributed by atoms with Crippen LogP contribution in [0.2, 0.25) is 0 Å². The molecule has 200 valence electrons. The summed E-state index contributed by atoms with van der Waals surface area (Å²) in [5.74, 6) is 0. The highest BCUT2D eigenvalue weighted by molar-refractivity contribution is 5.65. The summed E-state index contributed by atoms with van der Waals surface area (Å²) in [4.78, 5) is 13.8. The second kappa shape index (κ2) is 11.9. The van der Waals surface area contributed by atoms with Crippen molar-refractivity contribution in [2.45, 2.75) is 71.8 Å². The number of primary amides is 1. The lowest BCUT2D eigenvalue weighted by Crippen LogP contribution is -2.30. The average Bonchev–Trinajstić information content (AvgIpc) is 2.74. The summed E-state index contributed by atoms with van der Waals surface area (Å²) in [6.07, 6.45) is -10.7. The number of benzene rings is 2. The first-order valence-corrected chi connectivity index (χ1v) is 11.7. The molecule has 0 bridgehead atoms. The maximum atomic E-state index is 13.3. The Morgan fingerprint density at radius 1 is 0.861 bits per heavy atom. The minimum Gasteiger partial charge on any atom is -0.446 e. The van der Waals surface area contributed by atoms with E-state index in [9.17, 15) is 31.1 Å². The molecule has 0 spiro atoms. The maximum Gasteiger partial charge on any atom is 0.416 e. The number of alkyl halides is 6. The molecule has 0 aromatic heterocycles. The molecular formula is C26H32F6N2O2. The van der Waals surface area contributed by atoms with E-state index in [2.05, 4.69) is 4.90 Å². The average molecular weight is 519 g/mol. The van der Waals surface area contributed by atoms with Crippen molar-refractivity contribution in [3.8, 4) is 0 Å². The third kappa shape index (κ3) is 8.06. The predicted molar refractivity (Wildman–Crippen MR) is 127 cm³/mol. The van der Waals surface area contributed by atoms with Crippen LogP contribution >= 0.6 is 0 Å². The fourth-order valence-electron chi connectivity index (χ4n) is 4.18. The Morgan fingerprint density at radius 2 is 1.36 bits per heavy atom. The minimum absolute atomic E-state index is 0.0704. The quantitative estimate of drug-likeness (QED) is 0.338. The molecule has 2 rings (SSSR count). The van der Waals surface area contributed by atoms with Crippen molar-refractivity contribution < 1.29 is 35.9 Å². The first-order valence-electron chi connectivity index (χ1n) is 11.7. The first-order chi connectivity index (χ1) is 16.6. The van der Waals surface area contributed by atoms with E-state index in [1.165, 1.54) is 0 Å². The van der Waals surface area contributed by atoms with Gasteiger partial charge in [-0.3, -0.25) is 0 Å². The van der Waals surface area contributed by atoms with Gasteiger partial charge >= 0.3 is 18.4 Å². The Morgan fingerprint density at radius 3 is 1.81 bits per heavy atom. The highest BCUT2D eigenvalue weighted by atomic mass is 19.4. The Bertz CT molecular complexity index is 1010. The van der Waals surface area contributed by atoms with Crippen LogP contribution in [0.15, 0.2) is 30.3 Å². The van der Waals surface area contributed by atoms with Crippen molar-refractivity contribution in [1.82, 2.24) is 0 Å². The van der Waals surface area contributed by atoms with E-state index >= 15 is 0 Å². The van der Waals surface area contributed by atoms with Crippen molar-refractivity contribution in [2.75, 3.05) is 18.0 Å². The number of hydrogen-bond acceptors (Lipinski definition) is 3. The SMILES string of the molecule is CCCN(CCC)c1cc(C)c(C)cc1CC(Cc1cc(C(F)(F)F)cc(C(F)(F)F)c1)OC(N)=O. The van der Waals surface area contributed by atoms with Crippen LogP contribution in [0.3, 0.4) is 0 Å². The lowest BCUT2D eigenvalue weighted by Gasteiger charge is -2.29. The van der Waals surface area contributed by atoms with E-state index in [1.807, 2.05) is 39.8 Å². The number of amides is 1. The Balaban J connectivity index is 2.53. The summed E-state index contributed by atoms with van der Waals surface area (Å²) in [5.41, 5.74) is 5.76. The molecule has 0 saturated carbocycles. The number of nitrogens with zero attached hydrogens (tertiary/aromatic N) is 1. The lowest BCUT2D eigenvalue weighted by atomic mass is 9.94. The van der Waals surface area contributed by atoms with Crippen molar-refractivity contribution in [2.24, 2.45) is 5.73 Å². The molecule has 2 aromatic rings. The normalized spacial score (nSPS) is 12.9. The fourth-order valence-corrected chi connectivity index (χ4v) is 4.18. The number of rotatable bonds is 10. The van der Waals surface area contributed by atoms with E-state index in [1.54, 1.807) is 0 Å². The number of nitrogens with two attached hydrogens (primary N) is 1. The largest absolute Gasteiger partial charge is 0.446 e. The molecule has 2 aromatic carbocycles. The lowest BCUT2D eigenvalue weighted by molar-refractivity contribution is -0.143. The highest BCUT2D eigenvalue weighted by Crippen LogP contribution is 2.37. The van der Waals surface area contributed by atoms with Crippen molar-refractivity contribution >= 4 is 11.8 Å². The smallest absolute Gasteiger partial charge is 0.416 e. The Hall–Kier alpha value is -2.91. The van der Waals surface area contributed by atoms with E-state index in [0.29, 0.717) is 12.1 Å². The first kappa shape index (κ1) is 29.3. The van der Waals surface area contributed by atoms with Crippen molar-refractivity contribution in [3.63, 3.8) is 0 Å². The zero-order valence-electron chi connectivity index (χ0n) is 20.8. The summed E-state index contributed by atoms with van der Waals surface area (Å²) in [7, 11) is 0. The van der Waals surface area contributed by atoms with Crippen LogP contribution in [0.5, 0.6) is 0 Å². The summed E-state index contributed by atoms with van der Waals surface area (Å²) in [6.45, 7) is 9.44. The van der Waals surface area contributed by atoms with Gasteiger partial charge in [-0.2, -0.15) is 26.3 Å². The van der Waals surface area contributed by atoms with Gasteiger partial charge in [0, 0.05) is 31.6 Å². The van der Waals surface area contributed by atoms with Gasteiger partial charge in [0.1, 0.15) is 6.10 Å². The Kier molecular flexibility index (Phi) is 9.68. The molecule has 10 heteroatoms. The van der Waals surface area contributed by atoms with Gasteiger partial charge in [0.05, 0.1) is 11.1 Å². The van der Waals surface area contributed by atoms with Crippen LogP contribution in [0, 0.1) is 13.8 Å². The predicted octanol–water partition coefficient (Wildman–Crippen LogP) is 7.22. The molecular weight excluding hydrogens is 486 g/mol. The van der Waals surface area contributed by atoms with Gasteiger partial charge in [-0.05, 0) is 73.2 Å². The zero-order chi connectivity index (χ0) is 27.3. The van der Waals surface area contributed by atoms with Crippen molar-refractivity contribution in [3.05, 3.63) is 63.7 Å². The molecule has 4 nitrogen and oxygen atoms in total. The molecule has 0 fully saturated rings. The monoisotopic (exact) mass is 518 g/mol. The maximum absolute atomic E-state index is 13.3. The topological polar surface area (TPSA) is 55.6 Å². The molecule has 36 heavy (non-hydrogen) atoms. The molecule has 1 unspecified atom stereocenters. The number of carbonyl (C=O) groups excluding carboxylic acids is 1. The molecule has 1 atom stereocenters. The second-order valence-corrected chi connectivity index (χ2v) is 8.93. The number of halogens is 6. The molecule has 0 heterocycles. The number of aryl methyl sites for hydroxylation is 2. The molecule has 0 saturated heterocycles. The minimum atomic E-state index is -4.97. The van der Waals surface area contributed by atoms with Gasteiger partial charge in [0.25, 0.3) is 0 Å². The number of hydrogen-bond donors (Lipinski definition) is 1. The molecule has 0 aliphatic heterocycles. The third-order valence-electron chi connectivity index (χ3n) is 5.86. The summed E-state index contributed by atoms with van der Waals surface area (Å²) >= 11 is 0. The van der Waals surface area contributed by atoms with Crippen LogP contribution in [-0.4, -0.2) is 25.3 Å².